The molecule has 0 radical (unpaired) electrons. The van der Waals surface area contributed by atoms with Gasteiger partial charge in [0, 0.05) is 18.5 Å². The van der Waals surface area contributed by atoms with Crippen LogP contribution in [0.15, 0.2) is 46.9 Å². The van der Waals surface area contributed by atoms with Crippen molar-refractivity contribution in [2.75, 3.05) is 13.1 Å². The standard InChI is InChI=1S/C24H32N2O3/c1-4-18(2)26(24(28)21-11-12-21)17-23(27)25(16-22-13-10-19(3)29-22)15-14-20-8-6-5-7-9-20/h5-10,13,18,21H,4,11-12,14-17H2,1-3H3. The molecule has 1 saturated carbocycles. The summed E-state index contributed by atoms with van der Waals surface area (Å²) < 4.78 is 5.71. The summed E-state index contributed by atoms with van der Waals surface area (Å²) in [5.74, 6) is 1.82. The molecule has 5 heteroatoms. The summed E-state index contributed by atoms with van der Waals surface area (Å²) >= 11 is 0. The van der Waals surface area contributed by atoms with E-state index in [1.54, 1.807) is 4.90 Å². The molecule has 1 aliphatic rings. The van der Waals surface area contributed by atoms with Crippen molar-refractivity contribution in [3.63, 3.8) is 0 Å². The lowest BCUT2D eigenvalue weighted by atomic mass is 10.1. The molecule has 0 aliphatic heterocycles. The third-order valence-electron chi connectivity index (χ3n) is 5.65. The number of amides is 2. The highest BCUT2D eigenvalue weighted by Crippen LogP contribution is 2.32. The van der Waals surface area contributed by atoms with Crippen LogP contribution < -0.4 is 0 Å². The fourth-order valence-corrected chi connectivity index (χ4v) is 3.44. The molecule has 0 spiro atoms. The maximum absolute atomic E-state index is 13.2. The van der Waals surface area contributed by atoms with Crippen molar-refractivity contribution in [3.8, 4) is 0 Å². The molecule has 2 amide bonds. The Morgan fingerprint density at radius 1 is 1.14 bits per heavy atom. The molecule has 0 bridgehead atoms. The van der Waals surface area contributed by atoms with Gasteiger partial charge < -0.3 is 14.2 Å². The summed E-state index contributed by atoms with van der Waals surface area (Å²) in [6.07, 6.45) is 3.51. The van der Waals surface area contributed by atoms with E-state index in [2.05, 4.69) is 19.1 Å². The van der Waals surface area contributed by atoms with Gasteiger partial charge in [0.15, 0.2) is 0 Å². The molecule has 0 saturated heterocycles. The third kappa shape index (κ3) is 5.96. The maximum Gasteiger partial charge on any atom is 0.242 e. The summed E-state index contributed by atoms with van der Waals surface area (Å²) in [5, 5.41) is 0. The van der Waals surface area contributed by atoms with E-state index >= 15 is 0 Å². The van der Waals surface area contributed by atoms with E-state index in [9.17, 15) is 9.59 Å². The SMILES string of the molecule is CCC(C)N(CC(=O)N(CCc1ccccc1)Cc1ccc(C)o1)C(=O)C1CC1. The van der Waals surface area contributed by atoms with Crippen LogP contribution in [-0.2, 0) is 22.6 Å². The first-order valence-corrected chi connectivity index (χ1v) is 10.7. The molecule has 5 nitrogen and oxygen atoms in total. The van der Waals surface area contributed by atoms with Crippen LogP contribution in [0.4, 0.5) is 0 Å². The molecule has 1 heterocycles. The topological polar surface area (TPSA) is 53.8 Å². The molecule has 156 valence electrons. The lowest BCUT2D eigenvalue weighted by Gasteiger charge is -2.31. The van der Waals surface area contributed by atoms with Gasteiger partial charge in [-0.15, -0.1) is 0 Å². The van der Waals surface area contributed by atoms with E-state index in [0.29, 0.717) is 13.1 Å². The smallest absolute Gasteiger partial charge is 0.242 e. The van der Waals surface area contributed by atoms with E-state index in [-0.39, 0.29) is 30.3 Å². The fourth-order valence-electron chi connectivity index (χ4n) is 3.44. The van der Waals surface area contributed by atoms with Gasteiger partial charge in [-0.05, 0) is 57.2 Å². The van der Waals surface area contributed by atoms with Gasteiger partial charge in [0.25, 0.3) is 0 Å². The highest BCUT2D eigenvalue weighted by molar-refractivity contribution is 5.87. The largest absolute Gasteiger partial charge is 0.464 e. The van der Waals surface area contributed by atoms with Gasteiger partial charge in [0.05, 0.1) is 6.54 Å². The Morgan fingerprint density at radius 2 is 1.86 bits per heavy atom. The van der Waals surface area contributed by atoms with E-state index < -0.39 is 0 Å². The summed E-state index contributed by atoms with van der Waals surface area (Å²) in [4.78, 5) is 29.6. The Morgan fingerprint density at radius 3 is 2.45 bits per heavy atom. The summed E-state index contributed by atoms with van der Waals surface area (Å²) in [7, 11) is 0. The highest BCUT2D eigenvalue weighted by Gasteiger charge is 2.36. The van der Waals surface area contributed by atoms with Crippen LogP contribution in [0.3, 0.4) is 0 Å². The van der Waals surface area contributed by atoms with E-state index in [1.807, 2.05) is 49.1 Å². The Bertz CT molecular complexity index is 811. The number of hydrogen-bond donors (Lipinski definition) is 0. The van der Waals surface area contributed by atoms with Crippen LogP contribution in [0, 0.1) is 12.8 Å². The third-order valence-corrected chi connectivity index (χ3v) is 5.65. The lowest BCUT2D eigenvalue weighted by molar-refractivity contribution is -0.143. The Hall–Kier alpha value is -2.56. The van der Waals surface area contributed by atoms with E-state index in [1.165, 1.54) is 5.56 Å². The van der Waals surface area contributed by atoms with Gasteiger partial charge in [-0.25, -0.2) is 0 Å². The van der Waals surface area contributed by atoms with Crippen molar-refractivity contribution in [1.29, 1.82) is 0 Å². The van der Waals surface area contributed by atoms with E-state index in [4.69, 9.17) is 4.42 Å². The van der Waals surface area contributed by atoms with Crippen LogP contribution in [0.1, 0.15) is 50.2 Å². The molecule has 1 aromatic heterocycles. The Kier molecular flexibility index (Phi) is 7.13. The number of carbonyl (C=O) groups is 2. The Balaban J connectivity index is 1.71. The minimum atomic E-state index is -0.0238. The van der Waals surface area contributed by atoms with Crippen LogP contribution in [0.5, 0.6) is 0 Å². The Labute approximate surface area is 173 Å². The second-order valence-electron chi connectivity index (χ2n) is 8.06. The van der Waals surface area contributed by atoms with Crippen LogP contribution >= 0.6 is 0 Å². The van der Waals surface area contributed by atoms with Crippen molar-refractivity contribution in [1.82, 2.24) is 9.80 Å². The molecule has 1 unspecified atom stereocenters. The zero-order chi connectivity index (χ0) is 20.8. The maximum atomic E-state index is 13.2. The molecule has 29 heavy (non-hydrogen) atoms. The molecule has 1 aliphatic carbocycles. The zero-order valence-corrected chi connectivity index (χ0v) is 17.8. The first kappa shape index (κ1) is 21.2. The number of carbonyl (C=O) groups excluding carboxylic acids is 2. The fraction of sp³-hybridized carbons (Fsp3) is 0.500. The number of furan rings is 1. The lowest BCUT2D eigenvalue weighted by Crippen LogP contribution is -2.47. The van der Waals surface area contributed by atoms with Crippen LogP contribution in [-0.4, -0.2) is 40.7 Å². The molecule has 1 aromatic carbocycles. The molecule has 2 aromatic rings. The van der Waals surface area contributed by atoms with Crippen LogP contribution in [0.2, 0.25) is 0 Å². The normalized spacial score (nSPS) is 14.4. The first-order chi connectivity index (χ1) is 14.0. The molecule has 1 fully saturated rings. The highest BCUT2D eigenvalue weighted by atomic mass is 16.3. The average Bonchev–Trinajstić information content (AvgIpc) is 3.50. The number of benzene rings is 1. The number of nitrogens with zero attached hydrogens (tertiary/aromatic N) is 2. The van der Waals surface area contributed by atoms with Crippen molar-refractivity contribution < 1.29 is 14.0 Å². The average molecular weight is 397 g/mol. The first-order valence-electron chi connectivity index (χ1n) is 10.7. The number of aryl methyl sites for hydroxylation is 1. The predicted octanol–water partition coefficient (Wildman–Crippen LogP) is 4.20. The van der Waals surface area contributed by atoms with E-state index in [0.717, 1.165) is 37.2 Å². The van der Waals surface area contributed by atoms with Crippen molar-refractivity contribution in [3.05, 3.63) is 59.5 Å². The molecule has 1 atom stereocenters. The second kappa shape index (κ2) is 9.77. The summed E-state index contributed by atoms with van der Waals surface area (Å²) in [5.41, 5.74) is 1.19. The van der Waals surface area contributed by atoms with Crippen molar-refractivity contribution in [2.24, 2.45) is 5.92 Å². The van der Waals surface area contributed by atoms with Gasteiger partial charge in [0.2, 0.25) is 11.8 Å². The molecule has 0 N–H and O–H groups in total. The van der Waals surface area contributed by atoms with Gasteiger partial charge in [-0.1, -0.05) is 37.3 Å². The minimum Gasteiger partial charge on any atom is -0.464 e. The predicted molar refractivity (Wildman–Crippen MR) is 113 cm³/mol. The van der Waals surface area contributed by atoms with Crippen molar-refractivity contribution >= 4 is 11.8 Å². The van der Waals surface area contributed by atoms with Gasteiger partial charge in [0.1, 0.15) is 18.1 Å². The molecule has 3 rings (SSSR count). The molecular formula is C24H32N2O3. The summed E-state index contributed by atoms with van der Waals surface area (Å²) in [6.45, 7) is 7.14. The second-order valence-corrected chi connectivity index (χ2v) is 8.06. The molecular weight excluding hydrogens is 364 g/mol. The van der Waals surface area contributed by atoms with Gasteiger partial charge in [-0.2, -0.15) is 0 Å². The van der Waals surface area contributed by atoms with Crippen molar-refractivity contribution in [2.45, 2.75) is 59.0 Å². The summed E-state index contributed by atoms with van der Waals surface area (Å²) in [6, 6.07) is 14.0. The van der Waals surface area contributed by atoms with Gasteiger partial charge in [-0.3, -0.25) is 9.59 Å². The minimum absolute atomic E-state index is 0.0238. The number of hydrogen-bond acceptors (Lipinski definition) is 3. The number of rotatable bonds is 10. The van der Waals surface area contributed by atoms with Gasteiger partial charge >= 0.3 is 0 Å². The monoisotopic (exact) mass is 396 g/mol. The zero-order valence-electron chi connectivity index (χ0n) is 17.8. The quantitative estimate of drug-likeness (QED) is 0.605. The van der Waals surface area contributed by atoms with Crippen LogP contribution in [0.25, 0.3) is 0 Å².